The second-order valence-electron chi connectivity index (χ2n) is 9.75. The van der Waals surface area contributed by atoms with E-state index >= 15 is 0 Å². The van der Waals surface area contributed by atoms with Crippen LogP contribution < -0.4 is 0 Å². The van der Waals surface area contributed by atoms with Gasteiger partial charge in [0.25, 0.3) is 0 Å². The Kier molecular flexibility index (Phi) is 7.73. The third-order valence-corrected chi connectivity index (χ3v) is 6.80. The molecular formula is C24H34N4O3S. The molecule has 1 aromatic carbocycles. The minimum Gasteiger partial charge on any atom is -0.444 e. The van der Waals surface area contributed by atoms with Crippen molar-refractivity contribution in [3.05, 3.63) is 35.4 Å². The largest absolute Gasteiger partial charge is 0.444 e. The van der Waals surface area contributed by atoms with Gasteiger partial charge in [0.1, 0.15) is 11.6 Å². The SMILES string of the molecule is CC(C)N(Cc1ccc(C#N)cc1)[C@H]1C[C@@H](C(=O)N2CCSC2)N(C(=O)OC(C)(C)C)C1. The highest BCUT2D eigenvalue weighted by molar-refractivity contribution is 7.99. The van der Waals surface area contributed by atoms with Gasteiger partial charge < -0.3 is 9.64 Å². The maximum Gasteiger partial charge on any atom is 0.411 e. The van der Waals surface area contributed by atoms with Crippen molar-refractivity contribution in [1.29, 1.82) is 5.26 Å². The molecule has 3 rings (SSSR count). The first kappa shape index (κ1) is 24.4. The Hall–Kier alpha value is -2.24. The van der Waals surface area contributed by atoms with Crippen molar-refractivity contribution in [2.45, 2.75) is 71.3 Å². The summed E-state index contributed by atoms with van der Waals surface area (Å²) in [6, 6.07) is 9.51. The zero-order valence-electron chi connectivity index (χ0n) is 19.7. The molecule has 7 nitrogen and oxygen atoms in total. The average molecular weight is 459 g/mol. The van der Waals surface area contributed by atoms with Gasteiger partial charge in [-0.1, -0.05) is 12.1 Å². The quantitative estimate of drug-likeness (QED) is 0.670. The average Bonchev–Trinajstić information content (AvgIpc) is 3.41. The van der Waals surface area contributed by atoms with Gasteiger partial charge >= 0.3 is 6.09 Å². The number of hydrogen-bond acceptors (Lipinski definition) is 6. The number of likely N-dealkylation sites (tertiary alicyclic amines) is 1. The molecule has 32 heavy (non-hydrogen) atoms. The van der Waals surface area contributed by atoms with Gasteiger partial charge in [-0.2, -0.15) is 5.26 Å². The topological polar surface area (TPSA) is 76.9 Å². The molecule has 1 aromatic rings. The number of nitrogens with zero attached hydrogens (tertiary/aromatic N) is 4. The van der Waals surface area contributed by atoms with Gasteiger partial charge in [-0.05, 0) is 58.7 Å². The number of nitriles is 1. The summed E-state index contributed by atoms with van der Waals surface area (Å²) in [5.74, 6) is 1.64. The lowest BCUT2D eigenvalue weighted by molar-refractivity contribution is -0.134. The number of ether oxygens (including phenoxy) is 1. The Morgan fingerprint density at radius 3 is 2.50 bits per heavy atom. The molecule has 0 N–H and O–H groups in total. The molecular weight excluding hydrogens is 424 g/mol. The normalized spacial score (nSPS) is 21.3. The molecule has 0 unspecified atom stereocenters. The summed E-state index contributed by atoms with van der Waals surface area (Å²) < 4.78 is 5.66. The molecule has 2 aliphatic heterocycles. The van der Waals surface area contributed by atoms with E-state index in [9.17, 15) is 9.59 Å². The second-order valence-corrected chi connectivity index (χ2v) is 10.8. The van der Waals surface area contributed by atoms with Crippen LogP contribution in [0, 0.1) is 11.3 Å². The van der Waals surface area contributed by atoms with Crippen LogP contribution in [-0.2, 0) is 16.1 Å². The van der Waals surface area contributed by atoms with Crippen molar-refractivity contribution in [2.75, 3.05) is 24.7 Å². The summed E-state index contributed by atoms with van der Waals surface area (Å²) in [5, 5.41) is 9.06. The number of benzene rings is 1. The van der Waals surface area contributed by atoms with E-state index in [-0.39, 0.29) is 18.0 Å². The Morgan fingerprint density at radius 1 is 1.28 bits per heavy atom. The van der Waals surface area contributed by atoms with Gasteiger partial charge in [-0.25, -0.2) is 4.79 Å². The number of carbonyl (C=O) groups is 2. The molecule has 0 aromatic heterocycles. The number of rotatable bonds is 5. The van der Waals surface area contributed by atoms with E-state index < -0.39 is 17.7 Å². The lowest BCUT2D eigenvalue weighted by atomic mass is 10.1. The van der Waals surface area contributed by atoms with E-state index in [1.807, 2.05) is 49.9 Å². The van der Waals surface area contributed by atoms with Crippen molar-refractivity contribution in [2.24, 2.45) is 0 Å². The van der Waals surface area contributed by atoms with Crippen LogP contribution in [0.5, 0.6) is 0 Å². The van der Waals surface area contributed by atoms with Crippen LogP contribution in [0.25, 0.3) is 0 Å². The summed E-state index contributed by atoms with van der Waals surface area (Å²) in [7, 11) is 0. The first-order valence-corrected chi connectivity index (χ1v) is 12.4. The molecule has 2 fully saturated rings. The Balaban J connectivity index is 1.81. The van der Waals surface area contributed by atoms with Gasteiger partial charge in [-0.15, -0.1) is 11.8 Å². The van der Waals surface area contributed by atoms with Gasteiger partial charge in [0.05, 0.1) is 17.5 Å². The highest BCUT2D eigenvalue weighted by atomic mass is 32.2. The molecule has 0 radical (unpaired) electrons. The minimum absolute atomic E-state index is 0.0189. The van der Waals surface area contributed by atoms with E-state index in [1.165, 1.54) is 0 Å². The number of hydrogen-bond donors (Lipinski definition) is 0. The summed E-state index contributed by atoms with van der Waals surface area (Å²) >= 11 is 1.74. The maximum absolute atomic E-state index is 13.3. The van der Waals surface area contributed by atoms with Crippen molar-refractivity contribution < 1.29 is 14.3 Å². The summed E-state index contributed by atoms with van der Waals surface area (Å²) in [4.78, 5) is 32.2. The predicted octanol–water partition coefficient (Wildman–Crippen LogP) is 3.68. The lowest BCUT2D eigenvalue weighted by Gasteiger charge is -2.32. The van der Waals surface area contributed by atoms with Crippen molar-refractivity contribution >= 4 is 23.8 Å². The first-order valence-electron chi connectivity index (χ1n) is 11.2. The molecule has 2 heterocycles. The Labute approximate surface area is 195 Å². The van der Waals surface area contributed by atoms with Gasteiger partial charge in [0, 0.05) is 37.5 Å². The van der Waals surface area contributed by atoms with E-state index in [4.69, 9.17) is 10.00 Å². The number of thioether (sulfide) groups is 1. The smallest absolute Gasteiger partial charge is 0.411 e. The van der Waals surface area contributed by atoms with Crippen LogP contribution in [0.2, 0.25) is 0 Å². The molecule has 2 saturated heterocycles. The molecule has 0 aliphatic carbocycles. The fourth-order valence-corrected chi connectivity index (χ4v) is 5.19. The number of carbonyl (C=O) groups excluding carboxylic acids is 2. The summed E-state index contributed by atoms with van der Waals surface area (Å²) in [6.45, 7) is 11.7. The molecule has 2 amide bonds. The molecule has 174 valence electrons. The van der Waals surface area contributed by atoms with E-state index in [0.29, 0.717) is 31.0 Å². The minimum atomic E-state index is -0.619. The van der Waals surface area contributed by atoms with Crippen LogP contribution in [0.15, 0.2) is 24.3 Å². The van der Waals surface area contributed by atoms with E-state index in [2.05, 4.69) is 24.8 Å². The Morgan fingerprint density at radius 2 is 1.97 bits per heavy atom. The molecule has 2 atom stereocenters. The first-order chi connectivity index (χ1) is 15.1. The molecule has 0 spiro atoms. The van der Waals surface area contributed by atoms with Crippen LogP contribution in [0.3, 0.4) is 0 Å². The van der Waals surface area contributed by atoms with Gasteiger partial charge in [0.2, 0.25) is 5.91 Å². The molecule has 8 heteroatoms. The van der Waals surface area contributed by atoms with E-state index in [0.717, 1.165) is 17.9 Å². The maximum atomic E-state index is 13.3. The standard InChI is InChI=1S/C24H34N4O3S/c1-17(2)27(14-19-8-6-18(13-25)7-9-19)20-12-21(22(29)26-10-11-32-16-26)28(15-20)23(30)31-24(3,4)5/h6-9,17,20-21H,10-12,14-16H2,1-5H3/t20-,21-/m0/s1. The van der Waals surface area contributed by atoms with Crippen LogP contribution >= 0.6 is 11.8 Å². The van der Waals surface area contributed by atoms with Crippen molar-refractivity contribution in [1.82, 2.24) is 14.7 Å². The second kappa shape index (κ2) is 10.1. The van der Waals surface area contributed by atoms with Crippen LogP contribution in [0.1, 0.15) is 52.2 Å². The highest BCUT2D eigenvalue weighted by Crippen LogP contribution is 2.29. The molecule has 0 bridgehead atoms. The van der Waals surface area contributed by atoms with Crippen LogP contribution in [-0.4, -0.2) is 75.1 Å². The molecule has 0 saturated carbocycles. The summed E-state index contributed by atoms with van der Waals surface area (Å²) in [6.07, 6.45) is 0.167. The van der Waals surface area contributed by atoms with Crippen molar-refractivity contribution in [3.63, 3.8) is 0 Å². The van der Waals surface area contributed by atoms with Crippen molar-refractivity contribution in [3.8, 4) is 6.07 Å². The fourth-order valence-electron chi connectivity index (χ4n) is 4.24. The van der Waals surface area contributed by atoms with E-state index in [1.54, 1.807) is 16.7 Å². The lowest BCUT2D eigenvalue weighted by Crippen LogP contribution is -2.48. The summed E-state index contributed by atoms with van der Waals surface area (Å²) in [5.41, 5.74) is 1.12. The fraction of sp³-hybridized carbons (Fsp3) is 0.625. The zero-order valence-corrected chi connectivity index (χ0v) is 20.5. The predicted molar refractivity (Wildman–Crippen MR) is 126 cm³/mol. The number of amides is 2. The third kappa shape index (κ3) is 5.96. The zero-order chi connectivity index (χ0) is 23.5. The van der Waals surface area contributed by atoms with Gasteiger partial charge in [-0.3, -0.25) is 14.6 Å². The van der Waals surface area contributed by atoms with Gasteiger partial charge in [0.15, 0.2) is 0 Å². The monoisotopic (exact) mass is 458 g/mol. The Bertz CT molecular complexity index is 853. The molecule has 2 aliphatic rings. The highest BCUT2D eigenvalue weighted by Gasteiger charge is 2.45. The van der Waals surface area contributed by atoms with Crippen LogP contribution in [0.4, 0.5) is 4.79 Å². The third-order valence-electron chi connectivity index (χ3n) is 5.84.